The summed E-state index contributed by atoms with van der Waals surface area (Å²) in [6, 6.07) is 7.53. The van der Waals surface area contributed by atoms with Crippen LogP contribution < -0.4 is 4.90 Å². The fourth-order valence-electron chi connectivity index (χ4n) is 1.91. The summed E-state index contributed by atoms with van der Waals surface area (Å²) in [5.41, 5.74) is 0.828. The number of ether oxygens (including phenoxy) is 1. The summed E-state index contributed by atoms with van der Waals surface area (Å²) in [7, 11) is 1.68. The highest BCUT2D eigenvalue weighted by Gasteiger charge is 2.49. The topological polar surface area (TPSA) is 46.6 Å². The Morgan fingerprint density at radius 1 is 1.44 bits per heavy atom. The van der Waals surface area contributed by atoms with Crippen molar-refractivity contribution < 1.29 is 14.3 Å². The maximum Gasteiger partial charge on any atom is 0.332 e. The summed E-state index contributed by atoms with van der Waals surface area (Å²) < 4.78 is 3.82. The summed E-state index contributed by atoms with van der Waals surface area (Å²) in [5, 5.41) is 0. The zero-order valence-corrected chi connectivity index (χ0v) is 11.4. The van der Waals surface area contributed by atoms with Gasteiger partial charge in [0.05, 0.1) is 12.3 Å². The lowest BCUT2D eigenvalue weighted by Crippen LogP contribution is -2.52. The van der Waals surface area contributed by atoms with E-state index in [-0.39, 0.29) is 12.5 Å². The lowest BCUT2D eigenvalue weighted by atomic mass is 10.1. The minimum absolute atomic E-state index is 0.246. The molecule has 0 saturated heterocycles. The quantitative estimate of drug-likeness (QED) is 0.606. The first kappa shape index (κ1) is 13.0. The number of esters is 1. The fourth-order valence-corrected chi connectivity index (χ4v) is 3.17. The molecule has 1 amide bonds. The molecular formula is C13H15NO3S. The second-order valence-corrected chi connectivity index (χ2v) is 5.65. The SMILES string of the molecule is CCOC(=O)C1(C)Sc2ccccc2N(C)C1=O. The standard InChI is InChI=1S/C13H15NO3S/c1-4-17-12(16)13(2)11(15)14(3)9-7-5-6-8-10(9)18-13/h5-8H,4H2,1-3H3. The van der Waals surface area contributed by atoms with Crippen LogP contribution in [0.3, 0.4) is 0 Å². The van der Waals surface area contributed by atoms with Crippen LogP contribution in [0.2, 0.25) is 0 Å². The third kappa shape index (κ3) is 1.88. The molecule has 1 atom stereocenters. The minimum atomic E-state index is -1.20. The van der Waals surface area contributed by atoms with Crippen molar-refractivity contribution in [1.29, 1.82) is 0 Å². The number of amides is 1. The van der Waals surface area contributed by atoms with Crippen LogP contribution in [-0.2, 0) is 14.3 Å². The Balaban J connectivity index is 2.43. The van der Waals surface area contributed by atoms with Crippen molar-refractivity contribution >= 4 is 29.3 Å². The third-order valence-corrected chi connectivity index (χ3v) is 4.23. The van der Waals surface area contributed by atoms with E-state index in [1.54, 1.807) is 20.9 Å². The molecule has 1 aliphatic heterocycles. The Morgan fingerprint density at radius 2 is 2.11 bits per heavy atom. The van der Waals surface area contributed by atoms with Gasteiger partial charge >= 0.3 is 5.97 Å². The number of nitrogens with zero attached hydrogens (tertiary/aromatic N) is 1. The van der Waals surface area contributed by atoms with Crippen molar-refractivity contribution in [1.82, 2.24) is 0 Å². The monoisotopic (exact) mass is 265 g/mol. The van der Waals surface area contributed by atoms with Crippen LogP contribution in [-0.4, -0.2) is 30.3 Å². The molecule has 1 aromatic carbocycles. The number of hydrogen-bond acceptors (Lipinski definition) is 4. The van der Waals surface area contributed by atoms with E-state index in [0.717, 1.165) is 10.6 Å². The molecule has 5 heteroatoms. The van der Waals surface area contributed by atoms with E-state index in [1.807, 2.05) is 24.3 Å². The molecule has 0 aliphatic carbocycles. The van der Waals surface area contributed by atoms with Crippen LogP contribution in [0.4, 0.5) is 5.69 Å². The van der Waals surface area contributed by atoms with E-state index in [0.29, 0.717) is 0 Å². The molecule has 1 heterocycles. The molecule has 0 N–H and O–H groups in total. The van der Waals surface area contributed by atoms with Gasteiger partial charge < -0.3 is 9.64 Å². The van der Waals surface area contributed by atoms with Crippen LogP contribution in [0.25, 0.3) is 0 Å². The number of carbonyl (C=O) groups is 2. The summed E-state index contributed by atoms with van der Waals surface area (Å²) in [4.78, 5) is 26.8. The van der Waals surface area contributed by atoms with Gasteiger partial charge in [0.1, 0.15) is 0 Å². The van der Waals surface area contributed by atoms with E-state index in [1.165, 1.54) is 16.7 Å². The molecule has 0 saturated carbocycles. The summed E-state index contributed by atoms with van der Waals surface area (Å²) >= 11 is 1.25. The Morgan fingerprint density at radius 3 is 2.78 bits per heavy atom. The zero-order valence-electron chi connectivity index (χ0n) is 10.6. The highest BCUT2D eigenvalue weighted by Crippen LogP contribution is 2.45. The molecule has 0 bridgehead atoms. The smallest absolute Gasteiger partial charge is 0.332 e. The van der Waals surface area contributed by atoms with E-state index in [9.17, 15) is 9.59 Å². The molecule has 0 fully saturated rings. The number of para-hydroxylation sites is 1. The summed E-state index contributed by atoms with van der Waals surface area (Å²) in [5.74, 6) is -0.731. The van der Waals surface area contributed by atoms with Crippen molar-refractivity contribution in [2.24, 2.45) is 0 Å². The van der Waals surface area contributed by atoms with Crippen molar-refractivity contribution in [2.45, 2.75) is 23.5 Å². The number of benzene rings is 1. The maximum atomic E-state index is 12.3. The van der Waals surface area contributed by atoms with Crippen LogP contribution in [0.1, 0.15) is 13.8 Å². The number of carbonyl (C=O) groups excluding carboxylic acids is 2. The van der Waals surface area contributed by atoms with Gasteiger partial charge in [0, 0.05) is 11.9 Å². The van der Waals surface area contributed by atoms with Crippen LogP contribution >= 0.6 is 11.8 Å². The molecular weight excluding hydrogens is 250 g/mol. The first-order valence-electron chi connectivity index (χ1n) is 5.74. The van der Waals surface area contributed by atoms with E-state index >= 15 is 0 Å². The molecule has 1 unspecified atom stereocenters. The normalized spacial score (nSPS) is 22.6. The van der Waals surface area contributed by atoms with Crippen LogP contribution in [0, 0.1) is 0 Å². The van der Waals surface area contributed by atoms with Gasteiger partial charge in [0.15, 0.2) is 4.75 Å². The van der Waals surface area contributed by atoms with Crippen molar-refractivity contribution in [2.75, 3.05) is 18.6 Å². The van der Waals surface area contributed by atoms with Crippen molar-refractivity contribution in [3.8, 4) is 0 Å². The zero-order chi connectivity index (χ0) is 13.3. The second-order valence-electron chi connectivity index (χ2n) is 4.19. The largest absolute Gasteiger partial charge is 0.465 e. The predicted molar refractivity (Wildman–Crippen MR) is 70.7 cm³/mol. The first-order valence-corrected chi connectivity index (χ1v) is 6.55. The highest BCUT2D eigenvalue weighted by atomic mass is 32.2. The average Bonchev–Trinajstić information content (AvgIpc) is 2.36. The number of hydrogen-bond donors (Lipinski definition) is 0. The van der Waals surface area contributed by atoms with Crippen LogP contribution in [0.5, 0.6) is 0 Å². The highest BCUT2D eigenvalue weighted by molar-refractivity contribution is 8.02. The van der Waals surface area contributed by atoms with Crippen molar-refractivity contribution in [3.05, 3.63) is 24.3 Å². The van der Waals surface area contributed by atoms with Gasteiger partial charge in [-0.15, -0.1) is 0 Å². The second kappa shape index (κ2) is 4.65. The van der Waals surface area contributed by atoms with Gasteiger partial charge in [-0.05, 0) is 26.0 Å². The van der Waals surface area contributed by atoms with E-state index < -0.39 is 10.7 Å². The lowest BCUT2D eigenvalue weighted by Gasteiger charge is -2.36. The number of thioether (sulfide) groups is 1. The molecule has 1 aromatic rings. The molecule has 4 nitrogen and oxygen atoms in total. The van der Waals surface area contributed by atoms with Gasteiger partial charge in [0.2, 0.25) is 0 Å². The Hall–Kier alpha value is -1.49. The van der Waals surface area contributed by atoms with Gasteiger partial charge in [-0.3, -0.25) is 4.79 Å². The average molecular weight is 265 g/mol. The molecule has 18 heavy (non-hydrogen) atoms. The van der Waals surface area contributed by atoms with Crippen molar-refractivity contribution in [3.63, 3.8) is 0 Å². The molecule has 0 radical (unpaired) electrons. The number of fused-ring (bicyclic) bond motifs is 1. The fraction of sp³-hybridized carbons (Fsp3) is 0.385. The molecule has 2 rings (SSSR count). The lowest BCUT2D eigenvalue weighted by molar-refractivity contribution is -0.148. The minimum Gasteiger partial charge on any atom is -0.465 e. The summed E-state index contributed by atoms with van der Waals surface area (Å²) in [6.07, 6.45) is 0. The van der Waals surface area contributed by atoms with Gasteiger partial charge in [0.25, 0.3) is 5.91 Å². The molecule has 0 aromatic heterocycles. The van der Waals surface area contributed by atoms with Gasteiger partial charge in [-0.1, -0.05) is 23.9 Å². The Kier molecular flexibility index (Phi) is 3.34. The van der Waals surface area contributed by atoms with E-state index in [2.05, 4.69) is 0 Å². The molecule has 1 aliphatic rings. The summed E-state index contributed by atoms with van der Waals surface area (Å²) in [6.45, 7) is 3.62. The van der Waals surface area contributed by atoms with Gasteiger partial charge in [-0.2, -0.15) is 0 Å². The number of anilines is 1. The van der Waals surface area contributed by atoms with E-state index in [4.69, 9.17) is 4.74 Å². The Bertz CT molecular complexity index is 503. The Labute approximate surface area is 110 Å². The van der Waals surface area contributed by atoms with Crippen LogP contribution in [0.15, 0.2) is 29.2 Å². The molecule has 0 spiro atoms. The van der Waals surface area contributed by atoms with Gasteiger partial charge in [-0.25, -0.2) is 4.79 Å². The third-order valence-electron chi connectivity index (χ3n) is 2.92. The maximum absolute atomic E-state index is 12.3. The molecule has 96 valence electrons. The first-order chi connectivity index (χ1) is 8.50. The number of rotatable bonds is 2. The predicted octanol–water partition coefficient (Wildman–Crippen LogP) is 2.08.